The second-order valence-electron chi connectivity index (χ2n) is 5.19. The first-order valence-corrected chi connectivity index (χ1v) is 8.04. The second-order valence-corrected chi connectivity index (χ2v) is 6.14. The predicted molar refractivity (Wildman–Crippen MR) is 90.7 cm³/mol. The molecule has 0 saturated carbocycles. The largest absolute Gasteiger partial charge is 0.483 e. The van der Waals surface area contributed by atoms with Crippen molar-refractivity contribution in [3.05, 3.63) is 52.2 Å². The summed E-state index contributed by atoms with van der Waals surface area (Å²) in [5.74, 6) is 0.819. The molecule has 0 unspecified atom stereocenters. The maximum atomic E-state index is 11.8. The number of hydrazone groups is 1. The van der Waals surface area contributed by atoms with Crippen molar-refractivity contribution in [1.82, 2.24) is 5.43 Å². The standard InChI is InChI=1S/C17H20N2O2S/c1-12(2)14-7-4-5-8-15(14)21-11-17(20)19-18-13(3)16-9-6-10-22-16/h4-10,12H,11H2,1-3H3,(H,19,20). The molecular weight excluding hydrogens is 296 g/mol. The Bertz CT molecular complexity index is 648. The Kier molecular flexibility index (Phi) is 5.72. The fourth-order valence-electron chi connectivity index (χ4n) is 1.95. The molecule has 22 heavy (non-hydrogen) atoms. The lowest BCUT2D eigenvalue weighted by Crippen LogP contribution is -2.25. The minimum atomic E-state index is -0.269. The summed E-state index contributed by atoms with van der Waals surface area (Å²) in [6.07, 6.45) is 0. The van der Waals surface area contributed by atoms with Gasteiger partial charge in [-0.05, 0) is 35.9 Å². The number of carbonyl (C=O) groups excluding carboxylic acids is 1. The fraction of sp³-hybridized carbons (Fsp3) is 0.294. The highest BCUT2D eigenvalue weighted by atomic mass is 32.1. The number of thiophene rings is 1. The molecule has 0 fully saturated rings. The van der Waals surface area contributed by atoms with Crippen LogP contribution in [0.5, 0.6) is 5.75 Å². The van der Waals surface area contributed by atoms with E-state index in [0.717, 1.165) is 21.9 Å². The van der Waals surface area contributed by atoms with E-state index in [9.17, 15) is 4.79 Å². The number of hydrogen-bond donors (Lipinski definition) is 1. The van der Waals surface area contributed by atoms with Crippen molar-refractivity contribution in [2.24, 2.45) is 5.10 Å². The predicted octanol–water partition coefficient (Wildman–Crippen LogP) is 3.79. The Morgan fingerprint density at radius 3 is 2.73 bits per heavy atom. The van der Waals surface area contributed by atoms with Gasteiger partial charge in [-0.1, -0.05) is 38.1 Å². The van der Waals surface area contributed by atoms with Gasteiger partial charge in [0.2, 0.25) is 0 Å². The second kappa shape index (κ2) is 7.75. The van der Waals surface area contributed by atoms with E-state index in [4.69, 9.17) is 4.74 Å². The normalized spacial score (nSPS) is 11.5. The van der Waals surface area contributed by atoms with Crippen LogP contribution >= 0.6 is 11.3 Å². The number of amides is 1. The van der Waals surface area contributed by atoms with E-state index < -0.39 is 0 Å². The van der Waals surface area contributed by atoms with Crippen LogP contribution in [0.15, 0.2) is 46.9 Å². The van der Waals surface area contributed by atoms with Gasteiger partial charge in [-0.3, -0.25) is 4.79 Å². The molecule has 0 aliphatic carbocycles. The molecule has 1 amide bonds. The Morgan fingerprint density at radius 2 is 2.05 bits per heavy atom. The maximum Gasteiger partial charge on any atom is 0.277 e. The molecule has 1 N–H and O–H groups in total. The highest BCUT2D eigenvalue weighted by Gasteiger charge is 2.09. The average molecular weight is 316 g/mol. The molecule has 0 radical (unpaired) electrons. The molecular formula is C17H20N2O2S. The zero-order valence-electron chi connectivity index (χ0n) is 13.0. The van der Waals surface area contributed by atoms with Gasteiger partial charge in [0, 0.05) is 4.88 Å². The quantitative estimate of drug-likeness (QED) is 0.651. The van der Waals surface area contributed by atoms with Crippen LogP contribution in [0.1, 0.15) is 37.1 Å². The highest BCUT2D eigenvalue weighted by Crippen LogP contribution is 2.25. The molecule has 2 aromatic rings. The molecule has 5 heteroatoms. The molecule has 0 atom stereocenters. The number of carbonyl (C=O) groups is 1. The van der Waals surface area contributed by atoms with Gasteiger partial charge in [0.05, 0.1) is 5.71 Å². The van der Waals surface area contributed by atoms with Gasteiger partial charge in [0.15, 0.2) is 6.61 Å². The van der Waals surface area contributed by atoms with Gasteiger partial charge < -0.3 is 4.74 Å². The Morgan fingerprint density at radius 1 is 1.27 bits per heavy atom. The Hall–Kier alpha value is -2.14. The van der Waals surface area contributed by atoms with Crippen molar-refractivity contribution >= 4 is 23.0 Å². The SMILES string of the molecule is CC(=NNC(=O)COc1ccccc1C(C)C)c1cccs1. The van der Waals surface area contributed by atoms with E-state index in [2.05, 4.69) is 24.4 Å². The number of para-hydroxylation sites is 1. The third-order valence-corrected chi connectivity index (χ3v) is 4.10. The van der Waals surface area contributed by atoms with Crippen molar-refractivity contribution in [2.45, 2.75) is 26.7 Å². The van der Waals surface area contributed by atoms with Gasteiger partial charge in [-0.25, -0.2) is 5.43 Å². The van der Waals surface area contributed by atoms with Crippen molar-refractivity contribution in [3.63, 3.8) is 0 Å². The van der Waals surface area contributed by atoms with Crippen molar-refractivity contribution in [3.8, 4) is 5.75 Å². The van der Waals surface area contributed by atoms with Crippen LogP contribution < -0.4 is 10.2 Å². The van der Waals surface area contributed by atoms with Gasteiger partial charge >= 0.3 is 0 Å². The smallest absolute Gasteiger partial charge is 0.277 e. The van der Waals surface area contributed by atoms with Crippen LogP contribution in [0.25, 0.3) is 0 Å². The van der Waals surface area contributed by atoms with E-state index in [0.29, 0.717) is 5.92 Å². The number of nitrogens with one attached hydrogen (secondary N) is 1. The molecule has 0 aliphatic heterocycles. The summed E-state index contributed by atoms with van der Waals surface area (Å²) >= 11 is 1.58. The van der Waals surface area contributed by atoms with Gasteiger partial charge in [-0.15, -0.1) is 11.3 Å². The molecule has 1 aromatic carbocycles. The topological polar surface area (TPSA) is 50.7 Å². The number of hydrogen-bond acceptors (Lipinski definition) is 4. The molecule has 0 aliphatic rings. The molecule has 1 heterocycles. The van der Waals surface area contributed by atoms with E-state index in [1.807, 2.05) is 48.7 Å². The third kappa shape index (κ3) is 4.43. The Balaban J connectivity index is 1.90. The van der Waals surface area contributed by atoms with Gasteiger partial charge in [0.25, 0.3) is 5.91 Å². The summed E-state index contributed by atoms with van der Waals surface area (Å²) in [6.45, 7) is 6.00. The summed E-state index contributed by atoms with van der Waals surface area (Å²) in [7, 11) is 0. The molecule has 0 saturated heterocycles. The minimum Gasteiger partial charge on any atom is -0.483 e. The van der Waals surface area contributed by atoms with E-state index in [1.54, 1.807) is 11.3 Å². The zero-order valence-corrected chi connectivity index (χ0v) is 13.8. The third-order valence-electron chi connectivity index (χ3n) is 3.13. The van der Waals surface area contributed by atoms with Crippen molar-refractivity contribution < 1.29 is 9.53 Å². The van der Waals surface area contributed by atoms with Crippen LogP contribution in [0, 0.1) is 0 Å². The molecule has 2 rings (SSSR count). The summed E-state index contributed by atoms with van der Waals surface area (Å²) < 4.78 is 5.60. The summed E-state index contributed by atoms with van der Waals surface area (Å²) in [4.78, 5) is 12.9. The van der Waals surface area contributed by atoms with E-state index in [-0.39, 0.29) is 12.5 Å². The van der Waals surface area contributed by atoms with Crippen LogP contribution in [0.3, 0.4) is 0 Å². The Labute approximate surface area is 134 Å². The summed E-state index contributed by atoms with van der Waals surface area (Å²) in [6, 6.07) is 11.7. The van der Waals surface area contributed by atoms with Crippen LogP contribution in [0.4, 0.5) is 0 Å². The number of nitrogens with zero attached hydrogens (tertiary/aromatic N) is 1. The molecule has 1 aromatic heterocycles. The number of rotatable bonds is 6. The molecule has 4 nitrogen and oxygen atoms in total. The highest BCUT2D eigenvalue weighted by molar-refractivity contribution is 7.12. The van der Waals surface area contributed by atoms with Crippen molar-refractivity contribution in [2.75, 3.05) is 6.61 Å². The fourth-order valence-corrected chi connectivity index (χ4v) is 2.63. The number of benzene rings is 1. The van der Waals surface area contributed by atoms with Crippen LogP contribution in [-0.2, 0) is 4.79 Å². The minimum absolute atomic E-state index is 0.0506. The van der Waals surface area contributed by atoms with E-state index in [1.165, 1.54) is 0 Å². The summed E-state index contributed by atoms with van der Waals surface area (Å²) in [5.41, 5.74) is 4.39. The van der Waals surface area contributed by atoms with E-state index >= 15 is 0 Å². The first-order valence-electron chi connectivity index (χ1n) is 7.16. The number of ether oxygens (including phenoxy) is 1. The molecule has 0 bridgehead atoms. The maximum absolute atomic E-state index is 11.8. The lowest BCUT2D eigenvalue weighted by atomic mass is 10.0. The lowest BCUT2D eigenvalue weighted by molar-refractivity contribution is -0.123. The van der Waals surface area contributed by atoms with Crippen molar-refractivity contribution in [1.29, 1.82) is 0 Å². The summed E-state index contributed by atoms with van der Waals surface area (Å²) in [5, 5.41) is 6.06. The lowest BCUT2D eigenvalue weighted by Gasteiger charge is -2.13. The molecule has 116 valence electrons. The first-order chi connectivity index (χ1) is 10.6. The monoisotopic (exact) mass is 316 g/mol. The van der Waals surface area contributed by atoms with Crippen LogP contribution in [0.2, 0.25) is 0 Å². The van der Waals surface area contributed by atoms with Gasteiger partial charge in [0.1, 0.15) is 5.75 Å². The zero-order chi connectivity index (χ0) is 15.9. The molecule has 0 spiro atoms. The van der Waals surface area contributed by atoms with Crippen LogP contribution in [-0.4, -0.2) is 18.2 Å². The van der Waals surface area contributed by atoms with Gasteiger partial charge in [-0.2, -0.15) is 5.10 Å². The average Bonchev–Trinajstić information content (AvgIpc) is 3.05. The first kappa shape index (κ1) is 16.2.